The number of aromatic nitrogens is 2. The number of anilines is 1. The van der Waals surface area contributed by atoms with Crippen molar-refractivity contribution in [2.75, 3.05) is 11.4 Å². The summed E-state index contributed by atoms with van der Waals surface area (Å²) in [6.07, 6.45) is 7.36. The third-order valence-electron chi connectivity index (χ3n) is 6.30. The van der Waals surface area contributed by atoms with Crippen LogP contribution in [-0.4, -0.2) is 27.7 Å². The molecule has 9 heteroatoms. The number of hydrogen-bond acceptors (Lipinski definition) is 4. The van der Waals surface area contributed by atoms with E-state index in [9.17, 15) is 14.3 Å². The zero-order chi connectivity index (χ0) is 21.5. The molecule has 1 amide bonds. The molecule has 0 saturated heterocycles. The molecule has 2 aliphatic heterocycles. The summed E-state index contributed by atoms with van der Waals surface area (Å²) in [4.78, 5) is 20.8. The van der Waals surface area contributed by atoms with E-state index >= 15 is 0 Å². The maximum absolute atomic E-state index is 13.2. The first kappa shape index (κ1) is 19.9. The first-order chi connectivity index (χ1) is 15.0. The molecule has 2 aromatic heterocycles. The third-order valence-corrected chi connectivity index (χ3v) is 6.56. The number of nitrogens with zero attached hydrogens (tertiary/aromatic N) is 4. The van der Waals surface area contributed by atoms with Crippen LogP contribution in [0.3, 0.4) is 0 Å². The number of rotatable bonds is 2. The van der Waals surface area contributed by atoms with Gasteiger partial charge >= 0.3 is 6.09 Å². The average molecular weight is 442 g/mol. The van der Waals surface area contributed by atoms with E-state index in [0.717, 1.165) is 48.0 Å². The molecule has 0 spiro atoms. The van der Waals surface area contributed by atoms with Gasteiger partial charge in [0, 0.05) is 34.7 Å². The van der Waals surface area contributed by atoms with Gasteiger partial charge in [0.2, 0.25) is 0 Å². The lowest BCUT2D eigenvalue weighted by atomic mass is 9.78. The van der Waals surface area contributed by atoms with Gasteiger partial charge in [0.1, 0.15) is 5.82 Å². The summed E-state index contributed by atoms with van der Waals surface area (Å²) in [5.41, 5.74) is 3.25. The van der Waals surface area contributed by atoms with Gasteiger partial charge in [-0.25, -0.2) is 9.18 Å². The van der Waals surface area contributed by atoms with Crippen LogP contribution >= 0.6 is 11.6 Å². The van der Waals surface area contributed by atoms with E-state index in [1.54, 1.807) is 18.2 Å². The smallest absolute Gasteiger partial charge is 0.412 e. The van der Waals surface area contributed by atoms with Crippen LogP contribution < -0.4 is 15.6 Å². The number of amides is 1. The first-order valence-corrected chi connectivity index (χ1v) is 10.7. The second kappa shape index (κ2) is 7.92. The Hall–Kier alpha value is -3.00. The van der Waals surface area contributed by atoms with Crippen LogP contribution in [0.2, 0.25) is 0 Å². The minimum absolute atomic E-state index is 0.185. The van der Waals surface area contributed by atoms with Gasteiger partial charge in [0.25, 0.3) is 0 Å². The molecule has 0 aromatic carbocycles. The second-order valence-electron chi connectivity index (χ2n) is 8.10. The van der Waals surface area contributed by atoms with Crippen LogP contribution in [0.25, 0.3) is 11.8 Å². The Labute approximate surface area is 182 Å². The molecular weight excluding hydrogens is 421 g/mol. The van der Waals surface area contributed by atoms with E-state index in [1.165, 1.54) is 17.2 Å². The molecular formula is C22H21ClFN5O2. The van der Waals surface area contributed by atoms with Crippen LogP contribution in [0.5, 0.6) is 0 Å². The van der Waals surface area contributed by atoms with E-state index in [0.29, 0.717) is 28.5 Å². The van der Waals surface area contributed by atoms with Crippen molar-refractivity contribution in [1.82, 2.24) is 9.97 Å². The number of allylic oxidation sites excluding steroid dienone is 1. The summed E-state index contributed by atoms with van der Waals surface area (Å²) in [6, 6.07) is 3.22. The summed E-state index contributed by atoms with van der Waals surface area (Å²) >= 11 is 6.23. The topological polar surface area (TPSA) is 93.9 Å². The van der Waals surface area contributed by atoms with Crippen molar-refractivity contribution >= 4 is 35.2 Å². The SMILES string of the molecule is O=C(O)N1CC=C(Cl)C=c2[nH]c3c(c21)CN=NC=3C1CCC(c2ccc(F)cn2)CC1. The van der Waals surface area contributed by atoms with Crippen LogP contribution in [0.1, 0.15) is 42.9 Å². The zero-order valence-electron chi connectivity index (χ0n) is 16.7. The standard InChI is InChI=1S/C22H21ClFN5O2/c23-14-7-8-29(22(30)31)21-16-11-26-28-19(20(16)27-18(21)9-14)13-3-1-12(2-4-13)17-6-5-15(24)10-25-17/h5-7,9-10,12-13,27H,1-4,8,11H2,(H,30,31). The van der Waals surface area contributed by atoms with Crippen molar-refractivity contribution in [2.45, 2.75) is 38.1 Å². The number of H-pyrrole nitrogens is 1. The third kappa shape index (κ3) is 3.65. The fourth-order valence-corrected chi connectivity index (χ4v) is 4.96. The molecule has 4 heterocycles. The number of fused-ring (bicyclic) bond motifs is 3. The van der Waals surface area contributed by atoms with Crippen LogP contribution in [-0.2, 0) is 6.54 Å². The summed E-state index contributed by atoms with van der Waals surface area (Å²) < 4.78 is 13.2. The fraction of sp³-hybridized carbons (Fsp3) is 0.364. The van der Waals surface area contributed by atoms with Crippen molar-refractivity contribution in [3.8, 4) is 0 Å². The Bertz CT molecular complexity index is 1210. The average Bonchev–Trinajstić information content (AvgIpc) is 3.03. The molecule has 31 heavy (non-hydrogen) atoms. The van der Waals surface area contributed by atoms with Gasteiger partial charge < -0.3 is 10.1 Å². The maximum Gasteiger partial charge on any atom is 0.412 e. The number of aromatic amines is 1. The highest BCUT2D eigenvalue weighted by Crippen LogP contribution is 2.39. The number of halogens is 2. The van der Waals surface area contributed by atoms with Crippen LogP contribution in [0.15, 0.2) is 39.7 Å². The molecule has 5 rings (SSSR count). The lowest BCUT2D eigenvalue weighted by molar-refractivity contribution is 0.202. The summed E-state index contributed by atoms with van der Waals surface area (Å²) in [5.74, 6) is 0.195. The molecule has 0 unspecified atom stereocenters. The molecule has 0 radical (unpaired) electrons. The molecule has 2 aromatic rings. The lowest BCUT2D eigenvalue weighted by Crippen LogP contribution is -2.33. The zero-order valence-corrected chi connectivity index (χ0v) is 17.4. The quantitative estimate of drug-likeness (QED) is 0.737. The summed E-state index contributed by atoms with van der Waals surface area (Å²) in [5, 5.41) is 20.5. The van der Waals surface area contributed by atoms with E-state index in [1.807, 2.05) is 0 Å². The van der Waals surface area contributed by atoms with Gasteiger partial charge in [-0.15, -0.1) is 0 Å². The second-order valence-corrected chi connectivity index (χ2v) is 8.54. The first-order valence-electron chi connectivity index (χ1n) is 10.3. The maximum atomic E-state index is 13.2. The predicted octanol–water partition coefficient (Wildman–Crippen LogP) is 4.00. The van der Waals surface area contributed by atoms with Gasteiger partial charge in [0.15, 0.2) is 0 Å². The number of hydrogen-bond donors (Lipinski definition) is 2. The monoisotopic (exact) mass is 441 g/mol. The van der Waals surface area contributed by atoms with Crippen LogP contribution in [0.4, 0.5) is 14.9 Å². The van der Waals surface area contributed by atoms with Gasteiger partial charge in [-0.05, 0) is 50.0 Å². The fourth-order valence-electron chi connectivity index (χ4n) is 4.79. The van der Waals surface area contributed by atoms with E-state index in [4.69, 9.17) is 11.6 Å². The van der Waals surface area contributed by atoms with E-state index in [-0.39, 0.29) is 18.3 Å². The van der Waals surface area contributed by atoms with Gasteiger partial charge in [0.05, 0.1) is 34.8 Å². The molecule has 1 saturated carbocycles. The molecule has 3 aliphatic rings. The highest BCUT2D eigenvalue weighted by Gasteiger charge is 2.30. The van der Waals surface area contributed by atoms with Crippen molar-refractivity contribution in [2.24, 2.45) is 16.1 Å². The number of azo groups is 1. The minimum atomic E-state index is -1.03. The molecule has 0 bridgehead atoms. The van der Waals surface area contributed by atoms with Crippen molar-refractivity contribution in [3.05, 3.63) is 57.2 Å². The lowest BCUT2D eigenvalue weighted by Gasteiger charge is -2.28. The molecule has 2 N–H and O–H groups in total. The van der Waals surface area contributed by atoms with Crippen LogP contribution in [0, 0.1) is 11.7 Å². The Kier molecular flexibility index (Phi) is 5.09. The summed E-state index contributed by atoms with van der Waals surface area (Å²) in [6.45, 7) is 0.513. The Morgan fingerprint density at radius 1 is 1.23 bits per heavy atom. The van der Waals surface area contributed by atoms with Gasteiger partial charge in [-0.2, -0.15) is 10.2 Å². The molecule has 0 atom stereocenters. The number of pyridine rings is 1. The van der Waals surface area contributed by atoms with E-state index < -0.39 is 6.09 Å². The van der Waals surface area contributed by atoms with Crippen molar-refractivity contribution in [1.29, 1.82) is 0 Å². The largest absolute Gasteiger partial charge is 0.465 e. The molecule has 1 fully saturated rings. The van der Waals surface area contributed by atoms with E-state index in [2.05, 4.69) is 20.2 Å². The Balaban J connectivity index is 1.49. The highest BCUT2D eigenvalue weighted by molar-refractivity contribution is 6.34. The highest BCUT2D eigenvalue weighted by atomic mass is 35.5. The molecule has 7 nitrogen and oxygen atoms in total. The predicted molar refractivity (Wildman–Crippen MR) is 115 cm³/mol. The Morgan fingerprint density at radius 2 is 2.00 bits per heavy atom. The van der Waals surface area contributed by atoms with Gasteiger partial charge in [-0.3, -0.25) is 9.88 Å². The summed E-state index contributed by atoms with van der Waals surface area (Å²) in [7, 11) is 0. The van der Waals surface area contributed by atoms with Crippen molar-refractivity contribution < 1.29 is 14.3 Å². The van der Waals surface area contributed by atoms with Crippen molar-refractivity contribution in [3.63, 3.8) is 0 Å². The minimum Gasteiger partial charge on any atom is -0.465 e. The Morgan fingerprint density at radius 3 is 2.71 bits per heavy atom. The normalized spacial score (nSPS) is 22.8. The molecule has 1 aliphatic carbocycles. The molecule has 160 valence electrons. The number of carbonyl (C=O) groups is 1. The van der Waals surface area contributed by atoms with Gasteiger partial charge in [-0.1, -0.05) is 11.6 Å². The number of carboxylic acid groups (broad SMARTS) is 1. The number of nitrogens with one attached hydrogen (secondary N) is 1.